The average Bonchev–Trinajstić information content (AvgIpc) is 3.00. The Kier molecular flexibility index (Phi) is 3.89. The molecule has 106 valence electrons. The fourth-order valence-corrected chi connectivity index (χ4v) is 3.41. The molecule has 3 rings (SSSR count). The van der Waals surface area contributed by atoms with Gasteiger partial charge in [0.1, 0.15) is 0 Å². The molecular weight excluding hydrogens is 238 g/mol. The molecule has 4 heteroatoms. The van der Waals surface area contributed by atoms with Crippen molar-refractivity contribution in [3.05, 3.63) is 18.0 Å². The predicted molar refractivity (Wildman–Crippen MR) is 75.0 cm³/mol. The minimum Gasteiger partial charge on any atom is -0.381 e. The van der Waals surface area contributed by atoms with Crippen molar-refractivity contribution >= 4 is 0 Å². The van der Waals surface area contributed by atoms with Crippen LogP contribution in [0.2, 0.25) is 0 Å². The zero-order valence-electron chi connectivity index (χ0n) is 11.7. The average molecular weight is 263 g/mol. The SMILES string of the molecule is NC1(Cc2ccn(C3CCCC3)n2)CCCOCC1. The van der Waals surface area contributed by atoms with Gasteiger partial charge in [-0.1, -0.05) is 12.8 Å². The lowest BCUT2D eigenvalue weighted by molar-refractivity contribution is 0.139. The number of hydrogen-bond acceptors (Lipinski definition) is 3. The molecule has 0 amide bonds. The van der Waals surface area contributed by atoms with Crippen LogP contribution in [0.25, 0.3) is 0 Å². The zero-order chi connectivity index (χ0) is 13.1. The van der Waals surface area contributed by atoms with Gasteiger partial charge in [-0.3, -0.25) is 4.68 Å². The molecule has 2 N–H and O–H groups in total. The van der Waals surface area contributed by atoms with Crippen LogP contribution >= 0.6 is 0 Å². The first kappa shape index (κ1) is 13.1. The summed E-state index contributed by atoms with van der Waals surface area (Å²) in [6, 6.07) is 2.78. The van der Waals surface area contributed by atoms with Crippen molar-refractivity contribution in [3.8, 4) is 0 Å². The van der Waals surface area contributed by atoms with E-state index in [1.807, 2.05) is 0 Å². The lowest BCUT2D eigenvalue weighted by Gasteiger charge is -2.26. The molecule has 1 aliphatic carbocycles. The molecule has 1 saturated carbocycles. The topological polar surface area (TPSA) is 53.1 Å². The number of hydrogen-bond donors (Lipinski definition) is 1. The Labute approximate surface area is 115 Å². The van der Waals surface area contributed by atoms with Crippen molar-refractivity contribution in [3.63, 3.8) is 0 Å². The van der Waals surface area contributed by atoms with E-state index in [-0.39, 0.29) is 5.54 Å². The first-order valence-corrected chi connectivity index (χ1v) is 7.66. The van der Waals surface area contributed by atoms with Gasteiger partial charge in [-0.05, 0) is 38.2 Å². The summed E-state index contributed by atoms with van der Waals surface area (Å²) in [5, 5.41) is 4.76. The zero-order valence-corrected chi connectivity index (χ0v) is 11.7. The second-order valence-corrected chi connectivity index (χ2v) is 6.23. The van der Waals surface area contributed by atoms with E-state index < -0.39 is 0 Å². The monoisotopic (exact) mass is 263 g/mol. The first-order chi connectivity index (χ1) is 9.25. The molecule has 0 radical (unpaired) electrons. The summed E-state index contributed by atoms with van der Waals surface area (Å²) < 4.78 is 7.67. The largest absolute Gasteiger partial charge is 0.381 e. The maximum absolute atomic E-state index is 6.52. The third-order valence-electron chi connectivity index (χ3n) is 4.60. The van der Waals surface area contributed by atoms with Crippen LogP contribution in [0.1, 0.15) is 56.7 Å². The summed E-state index contributed by atoms with van der Waals surface area (Å²) in [7, 11) is 0. The van der Waals surface area contributed by atoms with Gasteiger partial charge in [0.15, 0.2) is 0 Å². The lowest BCUT2D eigenvalue weighted by Crippen LogP contribution is -2.42. The number of nitrogens with two attached hydrogens (primary N) is 1. The van der Waals surface area contributed by atoms with Gasteiger partial charge < -0.3 is 10.5 Å². The van der Waals surface area contributed by atoms with Crippen LogP contribution in [0.4, 0.5) is 0 Å². The van der Waals surface area contributed by atoms with Gasteiger partial charge in [0.25, 0.3) is 0 Å². The van der Waals surface area contributed by atoms with E-state index in [0.29, 0.717) is 6.04 Å². The first-order valence-electron chi connectivity index (χ1n) is 7.66. The molecule has 19 heavy (non-hydrogen) atoms. The van der Waals surface area contributed by atoms with E-state index >= 15 is 0 Å². The van der Waals surface area contributed by atoms with Crippen LogP contribution in [-0.2, 0) is 11.2 Å². The summed E-state index contributed by atoms with van der Waals surface area (Å²) in [4.78, 5) is 0. The van der Waals surface area contributed by atoms with Crippen LogP contribution in [0, 0.1) is 0 Å². The lowest BCUT2D eigenvalue weighted by atomic mass is 9.87. The Morgan fingerprint density at radius 1 is 1.26 bits per heavy atom. The molecular formula is C15H25N3O. The van der Waals surface area contributed by atoms with Crippen molar-refractivity contribution in [2.75, 3.05) is 13.2 Å². The fourth-order valence-electron chi connectivity index (χ4n) is 3.41. The summed E-state index contributed by atoms with van der Waals surface area (Å²) in [5.41, 5.74) is 7.55. The van der Waals surface area contributed by atoms with Crippen molar-refractivity contribution < 1.29 is 4.74 Å². The normalized spacial score (nSPS) is 29.5. The molecule has 1 aliphatic heterocycles. The smallest absolute Gasteiger partial charge is 0.0643 e. The third kappa shape index (κ3) is 3.18. The molecule has 1 saturated heterocycles. The molecule has 0 spiro atoms. The van der Waals surface area contributed by atoms with E-state index in [1.54, 1.807) is 0 Å². The van der Waals surface area contributed by atoms with E-state index in [4.69, 9.17) is 15.6 Å². The van der Waals surface area contributed by atoms with Crippen LogP contribution in [0.5, 0.6) is 0 Å². The summed E-state index contributed by atoms with van der Waals surface area (Å²) in [6.45, 7) is 1.65. The number of rotatable bonds is 3. The number of ether oxygens (including phenoxy) is 1. The Balaban J connectivity index is 1.65. The van der Waals surface area contributed by atoms with Crippen LogP contribution in [0.15, 0.2) is 12.3 Å². The van der Waals surface area contributed by atoms with E-state index in [0.717, 1.165) is 44.6 Å². The third-order valence-corrected chi connectivity index (χ3v) is 4.60. The Hall–Kier alpha value is -0.870. The summed E-state index contributed by atoms with van der Waals surface area (Å²) in [6.07, 6.45) is 11.3. The van der Waals surface area contributed by atoms with Crippen molar-refractivity contribution in [2.24, 2.45) is 5.73 Å². The summed E-state index contributed by atoms with van der Waals surface area (Å²) in [5.74, 6) is 0. The van der Waals surface area contributed by atoms with E-state index in [1.165, 1.54) is 25.7 Å². The van der Waals surface area contributed by atoms with Gasteiger partial charge in [0, 0.05) is 31.4 Å². The van der Waals surface area contributed by atoms with Gasteiger partial charge in [-0.15, -0.1) is 0 Å². The molecule has 4 nitrogen and oxygen atoms in total. The fraction of sp³-hybridized carbons (Fsp3) is 0.800. The number of aromatic nitrogens is 2. The van der Waals surface area contributed by atoms with Gasteiger partial charge in [0.05, 0.1) is 11.7 Å². The molecule has 0 aromatic carbocycles. The highest BCUT2D eigenvalue weighted by Crippen LogP contribution is 2.29. The van der Waals surface area contributed by atoms with Crippen molar-refractivity contribution in [1.29, 1.82) is 0 Å². The maximum Gasteiger partial charge on any atom is 0.0643 e. The molecule has 2 heterocycles. The van der Waals surface area contributed by atoms with Crippen molar-refractivity contribution in [1.82, 2.24) is 9.78 Å². The standard InChI is InChI=1S/C15H25N3O/c16-15(7-3-10-19-11-8-15)12-13-6-9-18(17-13)14-4-1-2-5-14/h6,9,14H,1-5,7-8,10-12,16H2. The van der Waals surface area contributed by atoms with Crippen molar-refractivity contribution in [2.45, 2.75) is 62.9 Å². The molecule has 2 aliphatic rings. The van der Waals surface area contributed by atoms with Crippen LogP contribution in [0.3, 0.4) is 0 Å². The summed E-state index contributed by atoms with van der Waals surface area (Å²) >= 11 is 0. The highest BCUT2D eigenvalue weighted by atomic mass is 16.5. The maximum atomic E-state index is 6.52. The highest BCUT2D eigenvalue weighted by molar-refractivity contribution is 5.06. The number of nitrogens with zero attached hydrogens (tertiary/aromatic N) is 2. The minimum absolute atomic E-state index is 0.120. The molecule has 1 unspecified atom stereocenters. The van der Waals surface area contributed by atoms with Crippen LogP contribution < -0.4 is 5.73 Å². The molecule has 1 aromatic heterocycles. The Morgan fingerprint density at radius 3 is 2.95 bits per heavy atom. The highest BCUT2D eigenvalue weighted by Gasteiger charge is 2.28. The predicted octanol–water partition coefficient (Wildman–Crippen LogP) is 2.44. The minimum atomic E-state index is -0.120. The molecule has 1 atom stereocenters. The molecule has 0 bridgehead atoms. The second kappa shape index (κ2) is 5.63. The van der Waals surface area contributed by atoms with E-state index in [9.17, 15) is 0 Å². The van der Waals surface area contributed by atoms with Gasteiger partial charge in [-0.2, -0.15) is 5.10 Å². The molecule has 1 aromatic rings. The second-order valence-electron chi connectivity index (χ2n) is 6.23. The molecule has 2 fully saturated rings. The van der Waals surface area contributed by atoms with Crippen LogP contribution in [-0.4, -0.2) is 28.5 Å². The Bertz CT molecular complexity index is 401. The quantitative estimate of drug-likeness (QED) is 0.911. The van der Waals surface area contributed by atoms with Gasteiger partial charge in [-0.25, -0.2) is 0 Å². The van der Waals surface area contributed by atoms with E-state index in [2.05, 4.69) is 16.9 Å². The van der Waals surface area contributed by atoms with Gasteiger partial charge in [0.2, 0.25) is 0 Å². The van der Waals surface area contributed by atoms with Gasteiger partial charge >= 0.3 is 0 Å². The Morgan fingerprint density at radius 2 is 2.11 bits per heavy atom.